The van der Waals surface area contributed by atoms with Crippen LogP contribution in [0, 0.1) is 0 Å². The van der Waals surface area contributed by atoms with E-state index in [1.165, 1.54) is 10.8 Å². The molecule has 1 atom stereocenters. The van der Waals surface area contributed by atoms with Crippen molar-refractivity contribution in [2.75, 3.05) is 0 Å². The Morgan fingerprint density at radius 3 is 2.43 bits per heavy atom. The summed E-state index contributed by atoms with van der Waals surface area (Å²) in [6, 6.07) is 14.4. The molecule has 4 heteroatoms. The minimum atomic E-state index is -0.502. The molecule has 0 saturated carbocycles. The molecule has 0 aliphatic rings. The standard InChI is InChI=1S/C17H22N2O2/c1-12(18-19-16(20)21-17(2,3)4)14-10-9-13-7-5-6-8-15(13)11-14/h5-12,18H,1-4H3,(H,19,20). The van der Waals surface area contributed by atoms with Gasteiger partial charge in [0.05, 0.1) is 0 Å². The molecule has 0 spiro atoms. The molecule has 4 nitrogen and oxygen atoms in total. The average Bonchev–Trinajstić information content (AvgIpc) is 2.42. The number of hydrogen-bond acceptors (Lipinski definition) is 3. The molecule has 2 N–H and O–H groups in total. The summed E-state index contributed by atoms with van der Waals surface area (Å²) in [6.07, 6.45) is -0.477. The second-order valence-corrected chi connectivity index (χ2v) is 6.10. The second kappa shape index (κ2) is 6.14. The fourth-order valence-electron chi connectivity index (χ4n) is 2.03. The maximum Gasteiger partial charge on any atom is 0.422 e. The van der Waals surface area contributed by atoms with Gasteiger partial charge in [0.25, 0.3) is 0 Å². The first-order valence-electron chi connectivity index (χ1n) is 7.08. The molecule has 2 rings (SSSR count). The normalized spacial score (nSPS) is 13.0. The van der Waals surface area contributed by atoms with E-state index in [4.69, 9.17) is 4.74 Å². The largest absolute Gasteiger partial charge is 0.443 e. The maximum absolute atomic E-state index is 11.6. The zero-order chi connectivity index (χ0) is 15.5. The summed E-state index contributed by atoms with van der Waals surface area (Å²) in [5, 5.41) is 2.38. The highest BCUT2D eigenvalue weighted by atomic mass is 16.6. The Kier molecular flexibility index (Phi) is 4.48. The van der Waals surface area contributed by atoms with Crippen molar-refractivity contribution < 1.29 is 9.53 Å². The van der Waals surface area contributed by atoms with E-state index in [-0.39, 0.29) is 6.04 Å². The molecule has 112 valence electrons. The van der Waals surface area contributed by atoms with Crippen molar-refractivity contribution in [2.45, 2.75) is 39.3 Å². The monoisotopic (exact) mass is 286 g/mol. The van der Waals surface area contributed by atoms with Crippen LogP contribution in [0.2, 0.25) is 0 Å². The number of carbonyl (C=O) groups is 1. The molecule has 0 fully saturated rings. The van der Waals surface area contributed by atoms with E-state index >= 15 is 0 Å². The summed E-state index contributed by atoms with van der Waals surface area (Å²) in [7, 11) is 0. The topological polar surface area (TPSA) is 50.4 Å². The predicted molar refractivity (Wildman–Crippen MR) is 84.9 cm³/mol. The van der Waals surface area contributed by atoms with Crippen LogP contribution in [0.3, 0.4) is 0 Å². The molecule has 1 amide bonds. The summed E-state index contributed by atoms with van der Waals surface area (Å²) >= 11 is 0. The third kappa shape index (κ3) is 4.46. The van der Waals surface area contributed by atoms with Crippen molar-refractivity contribution in [3.8, 4) is 0 Å². The average molecular weight is 286 g/mol. The minimum absolute atomic E-state index is 0.0119. The fraction of sp³-hybridized carbons (Fsp3) is 0.353. The molecule has 0 saturated heterocycles. The third-order valence-corrected chi connectivity index (χ3v) is 3.06. The second-order valence-electron chi connectivity index (χ2n) is 6.10. The molecule has 0 radical (unpaired) electrons. The van der Waals surface area contributed by atoms with Gasteiger partial charge in [0.15, 0.2) is 0 Å². The number of amides is 1. The highest BCUT2D eigenvalue weighted by Crippen LogP contribution is 2.19. The lowest BCUT2D eigenvalue weighted by atomic mass is 10.0. The van der Waals surface area contributed by atoms with Crippen LogP contribution in [-0.4, -0.2) is 11.7 Å². The van der Waals surface area contributed by atoms with Gasteiger partial charge in [0.1, 0.15) is 5.60 Å². The van der Waals surface area contributed by atoms with Crippen LogP contribution in [0.4, 0.5) is 4.79 Å². The number of nitrogens with one attached hydrogen (secondary N) is 2. The molecule has 0 aliphatic heterocycles. The van der Waals surface area contributed by atoms with Gasteiger partial charge in [0, 0.05) is 6.04 Å². The Morgan fingerprint density at radius 2 is 1.76 bits per heavy atom. The van der Waals surface area contributed by atoms with E-state index in [1.54, 1.807) is 0 Å². The number of ether oxygens (including phenoxy) is 1. The Hall–Kier alpha value is -2.07. The van der Waals surface area contributed by atoms with Crippen LogP contribution in [-0.2, 0) is 4.74 Å². The van der Waals surface area contributed by atoms with Crippen LogP contribution in [0.15, 0.2) is 42.5 Å². The summed E-state index contributed by atoms with van der Waals surface area (Å²) in [5.41, 5.74) is 6.14. The molecule has 0 aliphatic carbocycles. The molecule has 2 aromatic carbocycles. The van der Waals surface area contributed by atoms with Crippen molar-refractivity contribution in [3.05, 3.63) is 48.0 Å². The van der Waals surface area contributed by atoms with E-state index in [0.29, 0.717) is 0 Å². The first kappa shape index (κ1) is 15.3. The van der Waals surface area contributed by atoms with Gasteiger partial charge in [-0.05, 0) is 50.1 Å². The molecule has 0 aromatic heterocycles. The number of hydrogen-bond donors (Lipinski definition) is 2. The van der Waals surface area contributed by atoms with E-state index < -0.39 is 11.7 Å². The van der Waals surface area contributed by atoms with Crippen molar-refractivity contribution >= 4 is 16.9 Å². The molecular formula is C17H22N2O2. The molecule has 1 unspecified atom stereocenters. The molecule has 21 heavy (non-hydrogen) atoms. The molecule has 2 aromatic rings. The van der Waals surface area contributed by atoms with E-state index in [1.807, 2.05) is 39.8 Å². The lowest BCUT2D eigenvalue weighted by Gasteiger charge is -2.21. The lowest BCUT2D eigenvalue weighted by Crippen LogP contribution is -2.42. The van der Waals surface area contributed by atoms with Gasteiger partial charge in [-0.15, -0.1) is 0 Å². The minimum Gasteiger partial charge on any atom is -0.443 e. The van der Waals surface area contributed by atoms with Crippen LogP contribution < -0.4 is 10.9 Å². The zero-order valence-electron chi connectivity index (χ0n) is 12.9. The van der Waals surface area contributed by atoms with Crippen molar-refractivity contribution in [1.29, 1.82) is 0 Å². The Balaban J connectivity index is 1.99. The Bertz CT molecular complexity index is 632. The number of carbonyl (C=O) groups excluding carboxylic acids is 1. The van der Waals surface area contributed by atoms with Crippen LogP contribution in [0.1, 0.15) is 39.3 Å². The molecule has 0 bridgehead atoms. The van der Waals surface area contributed by atoms with Crippen LogP contribution in [0.25, 0.3) is 10.8 Å². The molecule has 0 heterocycles. The smallest absolute Gasteiger partial charge is 0.422 e. The van der Waals surface area contributed by atoms with E-state index in [9.17, 15) is 4.79 Å². The van der Waals surface area contributed by atoms with Gasteiger partial charge < -0.3 is 4.74 Å². The molecular weight excluding hydrogens is 264 g/mol. The number of fused-ring (bicyclic) bond motifs is 1. The highest BCUT2D eigenvalue weighted by Gasteiger charge is 2.16. The summed E-state index contributed by atoms with van der Waals surface area (Å²) in [5.74, 6) is 0. The first-order valence-corrected chi connectivity index (χ1v) is 7.08. The van der Waals surface area contributed by atoms with Crippen molar-refractivity contribution in [3.63, 3.8) is 0 Å². The van der Waals surface area contributed by atoms with Gasteiger partial charge in [-0.3, -0.25) is 5.43 Å². The van der Waals surface area contributed by atoms with Crippen molar-refractivity contribution in [2.24, 2.45) is 0 Å². The van der Waals surface area contributed by atoms with Crippen molar-refractivity contribution in [1.82, 2.24) is 10.9 Å². The van der Waals surface area contributed by atoms with E-state index in [0.717, 1.165) is 5.56 Å². The number of rotatable bonds is 3. The Labute approximate surface area is 125 Å². The maximum atomic E-state index is 11.6. The predicted octanol–water partition coefficient (Wildman–Crippen LogP) is 3.93. The summed E-state index contributed by atoms with van der Waals surface area (Å²) < 4.78 is 5.18. The fourth-order valence-corrected chi connectivity index (χ4v) is 2.03. The lowest BCUT2D eigenvalue weighted by molar-refractivity contribution is 0.0489. The van der Waals surface area contributed by atoms with Gasteiger partial charge in [0.2, 0.25) is 0 Å². The van der Waals surface area contributed by atoms with Crippen LogP contribution in [0.5, 0.6) is 0 Å². The SMILES string of the molecule is CC(NNC(=O)OC(C)(C)C)c1ccc2ccccc2c1. The number of hydrazine groups is 1. The summed E-state index contributed by atoms with van der Waals surface area (Å²) in [6.45, 7) is 7.49. The van der Waals surface area contributed by atoms with Crippen LogP contribution >= 0.6 is 0 Å². The van der Waals surface area contributed by atoms with Gasteiger partial charge >= 0.3 is 6.09 Å². The number of benzene rings is 2. The first-order chi connectivity index (χ1) is 9.85. The zero-order valence-corrected chi connectivity index (χ0v) is 12.9. The third-order valence-electron chi connectivity index (χ3n) is 3.06. The summed E-state index contributed by atoms with van der Waals surface area (Å²) in [4.78, 5) is 11.6. The van der Waals surface area contributed by atoms with Gasteiger partial charge in [-0.25, -0.2) is 10.2 Å². The van der Waals surface area contributed by atoms with Gasteiger partial charge in [-0.2, -0.15) is 0 Å². The van der Waals surface area contributed by atoms with Gasteiger partial charge in [-0.1, -0.05) is 36.4 Å². The van der Waals surface area contributed by atoms with E-state index in [2.05, 4.69) is 41.2 Å². The Morgan fingerprint density at radius 1 is 1.10 bits per heavy atom. The highest BCUT2D eigenvalue weighted by molar-refractivity contribution is 5.83. The quantitative estimate of drug-likeness (QED) is 0.841.